The normalized spacial score (nSPS) is 17.8. The predicted octanol–water partition coefficient (Wildman–Crippen LogP) is 4.85. The second kappa shape index (κ2) is 10.2. The van der Waals surface area contributed by atoms with Crippen molar-refractivity contribution in [2.24, 2.45) is 5.92 Å². The summed E-state index contributed by atoms with van der Waals surface area (Å²) in [6, 6.07) is 8.22. The lowest BCUT2D eigenvalue weighted by Crippen LogP contribution is -2.41. The standard InChI is InChI=1S/C26H24ClF3N4O3S/c1-14-7-16(27)8-19(23(14)37-21-11-31-10-15(21)2)18-3-5-32-20-9-17(38-24(18)20)12-34-22(35)4-6-33(25(34)36)13-26(28,29)30/h3-9,15,21,31H,10-13H2,1-2H3/t15-,21+/m0/s1. The fourth-order valence-electron chi connectivity index (χ4n) is 4.63. The molecule has 1 N–H and O–H groups in total. The van der Waals surface area contributed by atoms with Gasteiger partial charge in [0.25, 0.3) is 5.56 Å². The molecule has 0 bridgehead atoms. The molecule has 4 heterocycles. The summed E-state index contributed by atoms with van der Waals surface area (Å²) in [5, 5.41) is 3.88. The lowest BCUT2D eigenvalue weighted by Gasteiger charge is -2.22. The zero-order chi connectivity index (χ0) is 27.2. The third kappa shape index (κ3) is 5.36. The van der Waals surface area contributed by atoms with Crippen molar-refractivity contribution in [1.82, 2.24) is 19.4 Å². The van der Waals surface area contributed by atoms with E-state index in [9.17, 15) is 22.8 Å². The minimum atomic E-state index is -4.59. The van der Waals surface area contributed by atoms with Gasteiger partial charge in [-0.3, -0.25) is 18.9 Å². The fraction of sp³-hybridized carbons (Fsp3) is 0.346. The highest BCUT2D eigenvalue weighted by atomic mass is 35.5. The number of rotatable bonds is 6. The molecule has 0 saturated carbocycles. The molecule has 1 aliphatic rings. The van der Waals surface area contributed by atoms with Crippen molar-refractivity contribution >= 4 is 33.2 Å². The summed E-state index contributed by atoms with van der Waals surface area (Å²) in [7, 11) is 0. The van der Waals surface area contributed by atoms with Gasteiger partial charge in [-0.1, -0.05) is 18.5 Å². The monoisotopic (exact) mass is 564 g/mol. The minimum absolute atomic E-state index is 0.00586. The molecule has 4 aromatic rings. The van der Waals surface area contributed by atoms with Gasteiger partial charge in [-0.15, -0.1) is 11.3 Å². The van der Waals surface area contributed by atoms with Crippen molar-refractivity contribution < 1.29 is 17.9 Å². The van der Waals surface area contributed by atoms with Gasteiger partial charge in [0, 0.05) is 58.5 Å². The van der Waals surface area contributed by atoms with E-state index in [1.807, 2.05) is 25.1 Å². The first kappa shape index (κ1) is 26.5. The van der Waals surface area contributed by atoms with Crippen molar-refractivity contribution in [1.29, 1.82) is 0 Å². The van der Waals surface area contributed by atoms with Gasteiger partial charge in [0.2, 0.25) is 0 Å². The van der Waals surface area contributed by atoms with E-state index in [2.05, 4.69) is 17.2 Å². The minimum Gasteiger partial charge on any atom is -0.488 e. The summed E-state index contributed by atoms with van der Waals surface area (Å²) in [5.41, 5.74) is 1.41. The molecule has 3 aromatic heterocycles. The molecule has 5 rings (SSSR count). The van der Waals surface area contributed by atoms with Crippen LogP contribution in [0.4, 0.5) is 13.2 Å². The Kier molecular flexibility index (Phi) is 7.10. The quantitative estimate of drug-likeness (QED) is 0.362. The molecule has 38 heavy (non-hydrogen) atoms. The van der Waals surface area contributed by atoms with Crippen LogP contribution in [-0.2, 0) is 13.1 Å². The lowest BCUT2D eigenvalue weighted by molar-refractivity contribution is -0.141. The van der Waals surface area contributed by atoms with E-state index in [0.717, 1.165) is 51.3 Å². The second-order valence-electron chi connectivity index (χ2n) is 9.44. The van der Waals surface area contributed by atoms with Crippen LogP contribution in [0, 0.1) is 12.8 Å². The van der Waals surface area contributed by atoms with Gasteiger partial charge in [0.1, 0.15) is 18.4 Å². The molecule has 1 saturated heterocycles. The van der Waals surface area contributed by atoms with Crippen LogP contribution < -0.4 is 21.3 Å². The summed E-state index contributed by atoms with van der Waals surface area (Å²) in [6.45, 7) is 4.00. The van der Waals surface area contributed by atoms with Gasteiger partial charge < -0.3 is 10.1 Å². The fourth-order valence-corrected chi connectivity index (χ4v) is 6.03. The Bertz CT molecular complexity index is 1630. The van der Waals surface area contributed by atoms with Gasteiger partial charge in [0.15, 0.2) is 0 Å². The third-order valence-electron chi connectivity index (χ3n) is 6.51. The van der Waals surface area contributed by atoms with Crippen LogP contribution in [0.5, 0.6) is 5.75 Å². The number of pyridine rings is 1. The van der Waals surface area contributed by atoms with E-state index in [-0.39, 0.29) is 12.6 Å². The number of benzene rings is 1. The maximum absolute atomic E-state index is 12.9. The number of nitrogens with zero attached hydrogens (tertiary/aromatic N) is 3. The van der Waals surface area contributed by atoms with Crippen LogP contribution in [-0.4, -0.2) is 39.5 Å². The molecule has 1 aromatic carbocycles. The highest BCUT2D eigenvalue weighted by Gasteiger charge is 2.29. The third-order valence-corrected chi connectivity index (χ3v) is 7.87. The molecular weight excluding hydrogens is 541 g/mol. The van der Waals surface area contributed by atoms with Crippen LogP contribution in [0.2, 0.25) is 5.02 Å². The molecule has 2 atom stereocenters. The molecule has 12 heteroatoms. The number of fused-ring (bicyclic) bond motifs is 1. The zero-order valence-corrected chi connectivity index (χ0v) is 22.1. The Morgan fingerprint density at radius 2 is 1.97 bits per heavy atom. The zero-order valence-electron chi connectivity index (χ0n) is 20.5. The van der Waals surface area contributed by atoms with Crippen molar-refractivity contribution in [3.05, 3.63) is 79.0 Å². The van der Waals surface area contributed by atoms with Crippen LogP contribution >= 0.6 is 22.9 Å². The summed E-state index contributed by atoms with van der Waals surface area (Å²) >= 11 is 7.75. The van der Waals surface area contributed by atoms with E-state index < -0.39 is 24.0 Å². The highest BCUT2D eigenvalue weighted by molar-refractivity contribution is 7.19. The summed E-state index contributed by atoms with van der Waals surface area (Å²) in [4.78, 5) is 30.1. The number of aromatic nitrogens is 3. The average Bonchev–Trinajstić information content (AvgIpc) is 3.44. The average molecular weight is 565 g/mol. The second-order valence-corrected chi connectivity index (χ2v) is 11.0. The number of ether oxygens (including phenoxy) is 1. The maximum atomic E-state index is 12.9. The van der Waals surface area contributed by atoms with Gasteiger partial charge in [-0.2, -0.15) is 13.2 Å². The molecule has 0 radical (unpaired) electrons. The number of hydrogen-bond acceptors (Lipinski definition) is 6. The molecular formula is C26H24ClF3N4O3S. The molecule has 0 aliphatic carbocycles. The summed E-state index contributed by atoms with van der Waals surface area (Å²) in [6.07, 6.45) is -2.08. The van der Waals surface area contributed by atoms with E-state index in [0.29, 0.717) is 31.7 Å². The number of alkyl halides is 3. The summed E-state index contributed by atoms with van der Waals surface area (Å²) in [5.74, 6) is 1.04. The first-order valence-electron chi connectivity index (χ1n) is 11.9. The van der Waals surface area contributed by atoms with E-state index in [1.165, 1.54) is 11.3 Å². The van der Waals surface area contributed by atoms with Gasteiger partial charge in [-0.25, -0.2) is 4.79 Å². The van der Waals surface area contributed by atoms with Crippen LogP contribution in [0.3, 0.4) is 0 Å². The Morgan fingerprint density at radius 1 is 1.18 bits per heavy atom. The number of halogens is 4. The largest absolute Gasteiger partial charge is 0.488 e. The number of thiophene rings is 1. The van der Waals surface area contributed by atoms with Crippen molar-refractivity contribution in [2.75, 3.05) is 13.1 Å². The Hall–Kier alpha value is -3.15. The van der Waals surface area contributed by atoms with Crippen LogP contribution in [0.25, 0.3) is 21.3 Å². The van der Waals surface area contributed by atoms with Gasteiger partial charge >= 0.3 is 11.9 Å². The highest BCUT2D eigenvalue weighted by Crippen LogP contribution is 2.42. The lowest BCUT2D eigenvalue weighted by atomic mass is 10.0. The number of aryl methyl sites for hydroxylation is 1. The van der Waals surface area contributed by atoms with E-state index in [4.69, 9.17) is 16.3 Å². The molecule has 200 valence electrons. The van der Waals surface area contributed by atoms with Gasteiger partial charge in [-0.05, 0) is 36.8 Å². The number of hydrogen-bond donors (Lipinski definition) is 1. The molecule has 0 unspecified atom stereocenters. The Morgan fingerprint density at radius 3 is 2.68 bits per heavy atom. The molecule has 0 spiro atoms. The van der Waals surface area contributed by atoms with Crippen LogP contribution in [0.15, 0.2) is 52.3 Å². The van der Waals surface area contributed by atoms with Crippen molar-refractivity contribution in [3.8, 4) is 16.9 Å². The SMILES string of the molecule is Cc1cc(Cl)cc(-c2ccnc3cc(Cn4c(=O)ccn(CC(F)(F)F)c4=O)sc23)c1O[C@@H]1CNC[C@@H]1C. The number of nitrogens with one attached hydrogen (secondary N) is 1. The van der Waals surface area contributed by atoms with Crippen molar-refractivity contribution in [2.45, 2.75) is 39.2 Å². The van der Waals surface area contributed by atoms with E-state index in [1.54, 1.807) is 12.3 Å². The van der Waals surface area contributed by atoms with Crippen molar-refractivity contribution in [3.63, 3.8) is 0 Å². The van der Waals surface area contributed by atoms with Crippen LogP contribution in [0.1, 0.15) is 17.4 Å². The topological polar surface area (TPSA) is 78.2 Å². The Balaban J connectivity index is 1.56. The van der Waals surface area contributed by atoms with E-state index >= 15 is 0 Å². The molecule has 0 amide bonds. The summed E-state index contributed by atoms with van der Waals surface area (Å²) < 4.78 is 47.2. The molecule has 1 aliphatic heterocycles. The Labute approximate surface area is 224 Å². The maximum Gasteiger partial charge on any atom is 0.406 e. The molecule has 7 nitrogen and oxygen atoms in total. The molecule has 1 fully saturated rings. The predicted molar refractivity (Wildman–Crippen MR) is 141 cm³/mol. The first-order chi connectivity index (χ1) is 18.0. The first-order valence-corrected chi connectivity index (χ1v) is 13.1. The smallest absolute Gasteiger partial charge is 0.406 e. The van der Waals surface area contributed by atoms with Gasteiger partial charge in [0.05, 0.1) is 16.8 Å².